The number of aromatic nitrogens is 3. The van der Waals surface area contributed by atoms with E-state index in [9.17, 15) is 4.79 Å². The minimum absolute atomic E-state index is 0.113. The summed E-state index contributed by atoms with van der Waals surface area (Å²) in [5, 5.41) is 14.9. The summed E-state index contributed by atoms with van der Waals surface area (Å²) in [6, 6.07) is 9.49. The summed E-state index contributed by atoms with van der Waals surface area (Å²) in [6.07, 6.45) is 3.82. The van der Waals surface area contributed by atoms with Gasteiger partial charge < -0.3 is 5.32 Å². The van der Waals surface area contributed by atoms with Gasteiger partial charge in [-0.15, -0.1) is 16.9 Å². The van der Waals surface area contributed by atoms with Gasteiger partial charge in [0.25, 0.3) is 5.91 Å². The molecule has 3 rings (SSSR count). The highest BCUT2D eigenvalue weighted by Gasteiger charge is 2.08. The molecule has 0 radical (unpaired) electrons. The van der Waals surface area contributed by atoms with Crippen molar-refractivity contribution in [3.8, 4) is 5.69 Å². The first-order valence-corrected chi connectivity index (χ1v) is 8.79. The standard InChI is InChI=1S/C15H14N4OS2/c1-21-14-4-2-11(3-5-14)15(20)16-8-12-9-19(18-17-12)13-6-7-22-10-13/h2-7,9-10H,8H2,1H3,(H,16,20). The van der Waals surface area contributed by atoms with Crippen LogP contribution in [0.2, 0.25) is 0 Å². The second-order valence-corrected chi connectivity index (χ2v) is 6.21. The Kier molecular flexibility index (Phi) is 4.55. The van der Waals surface area contributed by atoms with Gasteiger partial charge in [0, 0.05) is 15.8 Å². The number of thiophene rings is 1. The number of amides is 1. The molecule has 2 heterocycles. The fraction of sp³-hybridized carbons (Fsp3) is 0.133. The molecule has 0 atom stereocenters. The van der Waals surface area contributed by atoms with Crippen LogP contribution in [0.15, 0.2) is 52.2 Å². The highest BCUT2D eigenvalue weighted by molar-refractivity contribution is 7.98. The number of benzene rings is 1. The van der Waals surface area contributed by atoms with Crippen molar-refractivity contribution in [2.45, 2.75) is 11.4 Å². The minimum Gasteiger partial charge on any atom is -0.346 e. The molecule has 1 aromatic carbocycles. The number of thioether (sulfide) groups is 1. The van der Waals surface area contributed by atoms with Crippen LogP contribution in [0.25, 0.3) is 5.69 Å². The van der Waals surface area contributed by atoms with Gasteiger partial charge in [-0.25, -0.2) is 4.68 Å². The summed E-state index contributed by atoms with van der Waals surface area (Å²) in [5.74, 6) is -0.113. The SMILES string of the molecule is CSc1ccc(C(=O)NCc2cn(-c3ccsc3)nn2)cc1. The first-order valence-electron chi connectivity index (χ1n) is 6.62. The number of nitrogens with zero attached hydrogens (tertiary/aromatic N) is 3. The first-order chi connectivity index (χ1) is 10.8. The van der Waals surface area contributed by atoms with E-state index in [2.05, 4.69) is 15.6 Å². The van der Waals surface area contributed by atoms with Gasteiger partial charge in [0.05, 0.1) is 18.4 Å². The van der Waals surface area contributed by atoms with Crippen LogP contribution in [0, 0.1) is 0 Å². The summed E-state index contributed by atoms with van der Waals surface area (Å²) in [5.41, 5.74) is 2.34. The van der Waals surface area contributed by atoms with E-state index in [-0.39, 0.29) is 5.91 Å². The van der Waals surface area contributed by atoms with Crippen LogP contribution < -0.4 is 5.32 Å². The Labute approximate surface area is 136 Å². The Morgan fingerprint density at radius 3 is 2.82 bits per heavy atom. The van der Waals surface area contributed by atoms with Crippen molar-refractivity contribution in [1.29, 1.82) is 0 Å². The molecule has 0 spiro atoms. The van der Waals surface area contributed by atoms with E-state index in [1.165, 1.54) is 0 Å². The van der Waals surface area contributed by atoms with Gasteiger partial charge in [0.15, 0.2) is 0 Å². The minimum atomic E-state index is -0.113. The lowest BCUT2D eigenvalue weighted by Crippen LogP contribution is -2.22. The Morgan fingerprint density at radius 1 is 1.32 bits per heavy atom. The molecule has 22 heavy (non-hydrogen) atoms. The lowest BCUT2D eigenvalue weighted by molar-refractivity contribution is 0.0950. The second-order valence-electron chi connectivity index (χ2n) is 4.55. The van der Waals surface area contributed by atoms with E-state index in [1.807, 2.05) is 53.5 Å². The lowest BCUT2D eigenvalue weighted by Gasteiger charge is -2.03. The van der Waals surface area contributed by atoms with Crippen LogP contribution in [0.1, 0.15) is 16.1 Å². The van der Waals surface area contributed by atoms with Gasteiger partial charge in [-0.2, -0.15) is 11.3 Å². The summed E-state index contributed by atoms with van der Waals surface area (Å²) in [4.78, 5) is 13.2. The maximum absolute atomic E-state index is 12.1. The molecule has 2 aromatic heterocycles. The molecule has 112 valence electrons. The molecule has 1 amide bonds. The molecule has 1 N–H and O–H groups in total. The Bertz CT molecular complexity index is 750. The van der Waals surface area contributed by atoms with Crippen molar-refractivity contribution in [1.82, 2.24) is 20.3 Å². The molecule has 3 aromatic rings. The summed E-state index contributed by atoms with van der Waals surface area (Å²) < 4.78 is 1.70. The van der Waals surface area contributed by atoms with E-state index in [0.717, 1.165) is 16.3 Å². The van der Waals surface area contributed by atoms with Crippen molar-refractivity contribution in [3.05, 3.63) is 58.5 Å². The van der Waals surface area contributed by atoms with Crippen molar-refractivity contribution in [2.24, 2.45) is 0 Å². The van der Waals surface area contributed by atoms with Gasteiger partial charge in [-0.05, 0) is 42.0 Å². The highest BCUT2D eigenvalue weighted by atomic mass is 32.2. The predicted molar refractivity (Wildman–Crippen MR) is 88.6 cm³/mol. The fourth-order valence-electron chi connectivity index (χ4n) is 1.91. The molecule has 0 fully saturated rings. The smallest absolute Gasteiger partial charge is 0.251 e. The first kappa shape index (κ1) is 14.8. The van der Waals surface area contributed by atoms with E-state index in [4.69, 9.17) is 0 Å². The largest absolute Gasteiger partial charge is 0.346 e. The Balaban J connectivity index is 1.61. The quantitative estimate of drug-likeness (QED) is 0.731. The number of carbonyl (C=O) groups is 1. The van der Waals surface area contributed by atoms with Gasteiger partial charge in [0.1, 0.15) is 5.69 Å². The van der Waals surface area contributed by atoms with Crippen LogP contribution in [0.4, 0.5) is 0 Å². The van der Waals surface area contributed by atoms with Crippen LogP contribution in [0.5, 0.6) is 0 Å². The van der Waals surface area contributed by atoms with Gasteiger partial charge in [0.2, 0.25) is 0 Å². The summed E-state index contributed by atoms with van der Waals surface area (Å²) >= 11 is 3.25. The number of carbonyl (C=O) groups excluding carboxylic acids is 1. The summed E-state index contributed by atoms with van der Waals surface area (Å²) in [6.45, 7) is 0.354. The van der Waals surface area contributed by atoms with Crippen molar-refractivity contribution < 1.29 is 4.79 Å². The van der Waals surface area contributed by atoms with Gasteiger partial charge in [-0.1, -0.05) is 5.21 Å². The van der Waals surface area contributed by atoms with Crippen molar-refractivity contribution in [2.75, 3.05) is 6.26 Å². The average Bonchev–Trinajstić information content (AvgIpc) is 3.23. The Morgan fingerprint density at radius 2 is 2.14 bits per heavy atom. The third-order valence-corrected chi connectivity index (χ3v) is 4.51. The number of hydrogen-bond acceptors (Lipinski definition) is 5. The fourth-order valence-corrected chi connectivity index (χ4v) is 2.94. The third-order valence-electron chi connectivity index (χ3n) is 3.09. The Hall–Kier alpha value is -2.12. The van der Waals surface area contributed by atoms with Crippen LogP contribution in [-0.2, 0) is 6.54 Å². The molecule has 0 aliphatic carbocycles. The van der Waals surface area contributed by atoms with E-state index in [1.54, 1.807) is 27.8 Å². The molecule has 0 saturated heterocycles. The third kappa shape index (κ3) is 3.37. The van der Waals surface area contributed by atoms with Gasteiger partial charge >= 0.3 is 0 Å². The zero-order valence-electron chi connectivity index (χ0n) is 11.9. The topological polar surface area (TPSA) is 59.8 Å². The molecule has 5 nitrogen and oxygen atoms in total. The highest BCUT2D eigenvalue weighted by Crippen LogP contribution is 2.15. The van der Waals surface area contributed by atoms with Gasteiger partial charge in [-0.3, -0.25) is 4.79 Å². The lowest BCUT2D eigenvalue weighted by atomic mass is 10.2. The molecule has 0 unspecified atom stereocenters. The molecule has 0 aliphatic rings. The van der Waals surface area contributed by atoms with Crippen molar-refractivity contribution >= 4 is 29.0 Å². The normalized spacial score (nSPS) is 10.6. The number of nitrogens with one attached hydrogen (secondary N) is 1. The molecule has 7 heteroatoms. The zero-order valence-corrected chi connectivity index (χ0v) is 13.5. The molecular weight excluding hydrogens is 316 g/mol. The number of hydrogen-bond donors (Lipinski definition) is 1. The van der Waals surface area contributed by atoms with Crippen LogP contribution in [0.3, 0.4) is 0 Å². The molecular formula is C15H14N4OS2. The van der Waals surface area contributed by atoms with E-state index >= 15 is 0 Å². The second kappa shape index (κ2) is 6.76. The average molecular weight is 330 g/mol. The molecule has 0 bridgehead atoms. The maximum Gasteiger partial charge on any atom is 0.251 e. The van der Waals surface area contributed by atoms with Crippen LogP contribution >= 0.6 is 23.1 Å². The monoisotopic (exact) mass is 330 g/mol. The predicted octanol–water partition coefficient (Wildman–Crippen LogP) is 2.98. The van der Waals surface area contributed by atoms with E-state index in [0.29, 0.717) is 12.1 Å². The zero-order chi connectivity index (χ0) is 15.4. The van der Waals surface area contributed by atoms with Crippen molar-refractivity contribution in [3.63, 3.8) is 0 Å². The summed E-state index contributed by atoms with van der Waals surface area (Å²) in [7, 11) is 0. The molecule has 0 aliphatic heterocycles. The molecule has 0 saturated carbocycles. The number of rotatable bonds is 5. The van der Waals surface area contributed by atoms with E-state index < -0.39 is 0 Å². The maximum atomic E-state index is 12.1. The van der Waals surface area contributed by atoms with Crippen LogP contribution in [-0.4, -0.2) is 27.2 Å².